The second kappa shape index (κ2) is 7.09. The van der Waals surface area contributed by atoms with Crippen molar-refractivity contribution in [3.63, 3.8) is 0 Å². The summed E-state index contributed by atoms with van der Waals surface area (Å²) in [5, 5.41) is 15.9. The van der Waals surface area contributed by atoms with Gasteiger partial charge in [-0.25, -0.2) is 8.42 Å². The summed E-state index contributed by atoms with van der Waals surface area (Å²) in [4.78, 5) is 12.4. The van der Waals surface area contributed by atoms with Gasteiger partial charge in [0.2, 0.25) is 11.7 Å². The summed E-state index contributed by atoms with van der Waals surface area (Å²) in [6.07, 6.45) is -4.81. The number of carbonyl (C=O) groups is 1. The SMILES string of the molecule is Cc1nnc(-c2nnc3c(C(=O)NCS(=O)(=O)C(C)C)ccc(C(F)(F)F)n23)o1. The molecule has 0 bridgehead atoms. The van der Waals surface area contributed by atoms with Crippen molar-refractivity contribution in [1.29, 1.82) is 0 Å². The van der Waals surface area contributed by atoms with Crippen molar-refractivity contribution in [2.75, 3.05) is 5.88 Å². The molecule has 10 nitrogen and oxygen atoms in total. The lowest BCUT2D eigenvalue weighted by Gasteiger charge is -2.13. The number of sulfone groups is 1. The number of alkyl halides is 3. The predicted octanol–water partition coefficient (Wildman–Crippen LogP) is 1.62. The van der Waals surface area contributed by atoms with Gasteiger partial charge in [0.1, 0.15) is 11.6 Å². The van der Waals surface area contributed by atoms with Crippen molar-refractivity contribution in [3.8, 4) is 11.7 Å². The first kappa shape index (κ1) is 20.7. The van der Waals surface area contributed by atoms with E-state index in [9.17, 15) is 26.4 Å². The van der Waals surface area contributed by atoms with Gasteiger partial charge in [0.05, 0.1) is 10.8 Å². The van der Waals surface area contributed by atoms with Crippen LogP contribution in [0.1, 0.15) is 35.8 Å². The van der Waals surface area contributed by atoms with Gasteiger partial charge in [-0.2, -0.15) is 13.2 Å². The Bertz CT molecular complexity index is 1180. The molecule has 3 aromatic rings. The van der Waals surface area contributed by atoms with Crippen molar-refractivity contribution in [3.05, 3.63) is 29.3 Å². The number of aromatic nitrogens is 5. The molecule has 1 N–H and O–H groups in total. The molecule has 0 saturated carbocycles. The van der Waals surface area contributed by atoms with Crippen molar-refractivity contribution in [1.82, 2.24) is 30.1 Å². The van der Waals surface area contributed by atoms with E-state index in [1.54, 1.807) is 0 Å². The van der Waals surface area contributed by atoms with Gasteiger partial charge in [-0.15, -0.1) is 20.4 Å². The van der Waals surface area contributed by atoms with E-state index in [0.29, 0.717) is 10.5 Å². The van der Waals surface area contributed by atoms with Crippen LogP contribution in [0.4, 0.5) is 13.2 Å². The van der Waals surface area contributed by atoms with Gasteiger partial charge in [-0.1, -0.05) is 0 Å². The van der Waals surface area contributed by atoms with Crippen LogP contribution in [0.15, 0.2) is 16.5 Å². The van der Waals surface area contributed by atoms with Gasteiger partial charge in [-0.3, -0.25) is 9.20 Å². The topological polar surface area (TPSA) is 132 Å². The minimum Gasteiger partial charge on any atom is -0.418 e. The first-order valence-electron chi connectivity index (χ1n) is 8.17. The van der Waals surface area contributed by atoms with E-state index in [4.69, 9.17) is 4.42 Å². The van der Waals surface area contributed by atoms with Crippen LogP contribution in [-0.2, 0) is 16.0 Å². The molecule has 156 valence electrons. The van der Waals surface area contributed by atoms with Gasteiger partial charge in [0, 0.05) is 6.92 Å². The van der Waals surface area contributed by atoms with Crippen LogP contribution in [0.5, 0.6) is 0 Å². The number of hydrogen-bond acceptors (Lipinski definition) is 8. The molecule has 29 heavy (non-hydrogen) atoms. The van der Waals surface area contributed by atoms with Crippen molar-refractivity contribution < 1.29 is 30.8 Å². The van der Waals surface area contributed by atoms with Gasteiger partial charge in [0.15, 0.2) is 15.5 Å². The Morgan fingerprint density at radius 2 is 1.90 bits per heavy atom. The monoisotopic (exact) mass is 432 g/mol. The average molecular weight is 432 g/mol. The van der Waals surface area contributed by atoms with E-state index in [2.05, 4.69) is 25.7 Å². The normalized spacial score (nSPS) is 12.7. The number of nitrogens with zero attached hydrogens (tertiary/aromatic N) is 5. The Hall–Kier alpha value is -3.03. The van der Waals surface area contributed by atoms with E-state index in [1.807, 2.05) is 0 Å². The summed E-state index contributed by atoms with van der Waals surface area (Å²) in [6, 6.07) is 1.56. The number of amides is 1. The largest absolute Gasteiger partial charge is 0.431 e. The minimum absolute atomic E-state index is 0.0955. The smallest absolute Gasteiger partial charge is 0.418 e. The van der Waals surface area contributed by atoms with Crippen LogP contribution >= 0.6 is 0 Å². The van der Waals surface area contributed by atoms with E-state index < -0.39 is 50.2 Å². The molecule has 0 aliphatic heterocycles. The number of hydrogen-bond donors (Lipinski definition) is 1. The van der Waals surface area contributed by atoms with E-state index >= 15 is 0 Å². The quantitative estimate of drug-likeness (QED) is 0.643. The molecule has 0 aliphatic rings. The number of fused-ring (bicyclic) bond motifs is 1. The fraction of sp³-hybridized carbons (Fsp3) is 0.400. The fourth-order valence-electron chi connectivity index (χ4n) is 2.35. The van der Waals surface area contributed by atoms with Crippen molar-refractivity contribution in [2.24, 2.45) is 0 Å². The maximum absolute atomic E-state index is 13.5. The van der Waals surface area contributed by atoms with Gasteiger partial charge >= 0.3 is 6.18 Å². The van der Waals surface area contributed by atoms with Crippen LogP contribution in [0, 0.1) is 6.92 Å². The van der Waals surface area contributed by atoms with Gasteiger partial charge in [-0.05, 0) is 26.0 Å². The van der Waals surface area contributed by atoms with Gasteiger partial charge in [0.25, 0.3) is 11.8 Å². The van der Waals surface area contributed by atoms with E-state index in [0.717, 1.165) is 6.07 Å². The summed E-state index contributed by atoms with van der Waals surface area (Å²) >= 11 is 0. The minimum atomic E-state index is -4.81. The van der Waals surface area contributed by atoms with Crippen LogP contribution < -0.4 is 5.32 Å². The lowest BCUT2D eigenvalue weighted by Crippen LogP contribution is -2.33. The second-order valence-electron chi connectivity index (χ2n) is 6.30. The molecule has 0 spiro atoms. The molecule has 3 heterocycles. The van der Waals surface area contributed by atoms with Crippen LogP contribution in [0.2, 0.25) is 0 Å². The third-order valence-corrected chi connectivity index (χ3v) is 5.94. The lowest BCUT2D eigenvalue weighted by atomic mass is 10.2. The highest BCUT2D eigenvalue weighted by atomic mass is 32.2. The predicted molar refractivity (Wildman–Crippen MR) is 92.4 cm³/mol. The number of halogens is 3. The number of aryl methyl sites for hydroxylation is 1. The Balaban J connectivity index is 2.11. The highest BCUT2D eigenvalue weighted by Crippen LogP contribution is 2.33. The summed E-state index contributed by atoms with van der Waals surface area (Å²) in [5.41, 5.74) is -1.91. The van der Waals surface area contributed by atoms with Crippen molar-refractivity contribution >= 4 is 21.4 Å². The molecule has 0 fully saturated rings. The third-order valence-electron chi connectivity index (χ3n) is 3.96. The van der Waals surface area contributed by atoms with Crippen LogP contribution in [-0.4, -0.2) is 50.2 Å². The molecule has 0 atom stereocenters. The highest BCUT2D eigenvalue weighted by Gasteiger charge is 2.36. The molecule has 0 radical (unpaired) electrons. The van der Waals surface area contributed by atoms with Crippen molar-refractivity contribution in [2.45, 2.75) is 32.2 Å². The molecule has 0 unspecified atom stereocenters. The molecule has 0 aromatic carbocycles. The Morgan fingerprint density at radius 3 is 2.45 bits per heavy atom. The maximum atomic E-state index is 13.5. The van der Waals surface area contributed by atoms with E-state index in [1.165, 1.54) is 20.8 Å². The summed E-state index contributed by atoms with van der Waals surface area (Å²) in [6.45, 7) is 4.32. The summed E-state index contributed by atoms with van der Waals surface area (Å²) in [7, 11) is -3.61. The Kier molecular flexibility index (Phi) is 5.06. The van der Waals surface area contributed by atoms with Crippen LogP contribution in [0.25, 0.3) is 17.4 Å². The van der Waals surface area contributed by atoms with Gasteiger partial charge < -0.3 is 9.73 Å². The number of carbonyl (C=O) groups excluding carboxylic acids is 1. The number of rotatable bonds is 5. The van der Waals surface area contributed by atoms with E-state index in [-0.39, 0.29) is 17.3 Å². The third kappa shape index (κ3) is 3.92. The molecule has 0 aliphatic carbocycles. The molecule has 1 amide bonds. The Morgan fingerprint density at radius 1 is 1.21 bits per heavy atom. The molecule has 0 saturated heterocycles. The van der Waals surface area contributed by atoms with Crippen LogP contribution in [0.3, 0.4) is 0 Å². The zero-order valence-electron chi connectivity index (χ0n) is 15.4. The second-order valence-corrected chi connectivity index (χ2v) is 8.86. The molecule has 14 heteroatoms. The zero-order chi connectivity index (χ0) is 21.6. The molecular weight excluding hydrogens is 417 g/mol. The Labute approximate surface area is 162 Å². The average Bonchev–Trinajstić information content (AvgIpc) is 3.24. The first-order valence-corrected chi connectivity index (χ1v) is 9.89. The maximum Gasteiger partial charge on any atom is 0.431 e. The summed E-state index contributed by atoms with van der Waals surface area (Å²) in [5.74, 6) is -2.23. The first-order chi connectivity index (χ1) is 13.4. The molecule has 3 aromatic heterocycles. The highest BCUT2D eigenvalue weighted by molar-refractivity contribution is 7.91. The number of pyridine rings is 1. The number of nitrogens with one attached hydrogen (secondary N) is 1. The summed E-state index contributed by atoms with van der Waals surface area (Å²) < 4.78 is 70.0. The standard InChI is InChI=1S/C15H15F3N6O4S/c1-7(2)29(26,27)6-19-13(25)9-4-5-10(15(16,17)18)24-11(9)21-22-12(24)14-23-20-8(3)28-14/h4-5,7H,6H2,1-3H3,(H,19,25). The fourth-order valence-corrected chi connectivity index (χ4v) is 3.02. The lowest BCUT2D eigenvalue weighted by molar-refractivity contribution is -0.141. The molecular formula is C15H15F3N6O4S. The molecule has 3 rings (SSSR count). The zero-order valence-corrected chi connectivity index (χ0v) is 16.2.